The molecular weight excluding hydrogens is 440 g/mol. The van der Waals surface area contributed by atoms with E-state index in [9.17, 15) is 9.90 Å². The van der Waals surface area contributed by atoms with E-state index in [1.54, 1.807) is 0 Å². The lowest BCUT2D eigenvalue weighted by Gasteiger charge is -2.11. The number of rotatable bonds is 11. The highest BCUT2D eigenvalue weighted by Gasteiger charge is 2.14. The molecule has 0 amide bonds. The van der Waals surface area contributed by atoms with Gasteiger partial charge in [-0.05, 0) is 54.5 Å². The summed E-state index contributed by atoms with van der Waals surface area (Å²) < 4.78 is 7.92. The first-order valence-corrected chi connectivity index (χ1v) is 12.0. The Bertz CT molecular complexity index is 1300. The van der Waals surface area contributed by atoms with Crippen molar-refractivity contribution in [3.8, 4) is 5.75 Å². The Kier molecular flexibility index (Phi) is 7.65. The van der Waals surface area contributed by atoms with Crippen molar-refractivity contribution >= 4 is 22.8 Å². The standard InChI is InChI=1S/C28H32N4O3/c1-19(2)20-11-13-22(14-12-20)35-16-15-29-28-30-17-24(27(33)34)25(31-28)9-6-7-21-18-32(3)26-10-5-4-8-23(21)26/h4-5,8,10-14,17-19H,6-7,9,15-16H2,1-3H3,(H,33,34)(H,29,30,31). The number of aromatic nitrogens is 3. The average molecular weight is 473 g/mol. The molecule has 0 saturated heterocycles. The number of aromatic carboxylic acids is 1. The largest absolute Gasteiger partial charge is 0.492 e. The van der Waals surface area contributed by atoms with Crippen LogP contribution in [-0.4, -0.2) is 38.8 Å². The second-order valence-electron chi connectivity index (χ2n) is 8.99. The summed E-state index contributed by atoms with van der Waals surface area (Å²) in [6.07, 6.45) is 5.72. The Morgan fingerprint density at radius 2 is 1.89 bits per heavy atom. The molecule has 0 bridgehead atoms. The van der Waals surface area contributed by atoms with E-state index < -0.39 is 5.97 Å². The fourth-order valence-electron chi connectivity index (χ4n) is 4.22. The maximum Gasteiger partial charge on any atom is 0.339 e. The molecule has 7 heteroatoms. The quantitative estimate of drug-likeness (QED) is 0.282. The van der Waals surface area contributed by atoms with Crippen molar-refractivity contribution in [2.24, 2.45) is 7.05 Å². The molecule has 2 aromatic carbocycles. The van der Waals surface area contributed by atoms with Crippen LogP contribution in [0, 0.1) is 0 Å². The lowest BCUT2D eigenvalue weighted by Crippen LogP contribution is -2.15. The van der Waals surface area contributed by atoms with Gasteiger partial charge in [0.1, 0.15) is 12.4 Å². The van der Waals surface area contributed by atoms with Gasteiger partial charge in [0.05, 0.1) is 17.8 Å². The minimum absolute atomic E-state index is 0.148. The number of benzene rings is 2. The highest BCUT2D eigenvalue weighted by Crippen LogP contribution is 2.22. The SMILES string of the molecule is CC(C)c1ccc(OCCNc2ncc(C(=O)O)c(CCCc3cn(C)c4ccccc34)n2)cc1. The van der Waals surface area contributed by atoms with E-state index in [0.29, 0.717) is 37.1 Å². The first-order chi connectivity index (χ1) is 16.9. The smallest absolute Gasteiger partial charge is 0.339 e. The van der Waals surface area contributed by atoms with Crippen LogP contribution in [0.1, 0.15) is 53.4 Å². The molecule has 0 saturated carbocycles. The molecule has 0 spiro atoms. The zero-order valence-corrected chi connectivity index (χ0v) is 20.5. The van der Waals surface area contributed by atoms with Crippen LogP contribution in [0.25, 0.3) is 10.9 Å². The number of aryl methyl sites for hydroxylation is 3. The van der Waals surface area contributed by atoms with Crippen molar-refractivity contribution in [3.05, 3.63) is 83.3 Å². The normalized spacial score (nSPS) is 11.2. The number of hydrogen-bond donors (Lipinski definition) is 2. The molecular formula is C28H32N4O3. The zero-order chi connectivity index (χ0) is 24.8. The third-order valence-corrected chi connectivity index (χ3v) is 6.14. The van der Waals surface area contributed by atoms with Crippen molar-refractivity contribution in [1.82, 2.24) is 14.5 Å². The van der Waals surface area contributed by atoms with Crippen molar-refractivity contribution in [1.29, 1.82) is 0 Å². The summed E-state index contributed by atoms with van der Waals surface area (Å²) in [5.41, 5.74) is 4.41. The third-order valence-electron chi connectivity index (χ3n) is 6.14. The Balaban J connectivity index is 1.34. The lowest BCUT2D eigenvalue weighted by molar-refractivity contribution is 0.0694. The van der Waals surface area contributed by atoms with Crippen molar-refractivity contribution in [3.63, 3.8) is 0 Å². The topological polar surface area (TPSA) is 89.3 Å². The number of carboxylic acid groups (broad SMARTS) is 1. The molecule has 0 radical (unpaired) electrons. The van der Waals surface area contributed by atoms with Gasteiger partial charge in [-0.2, -0.15) is 0 Å². The molecule has 35 heavy (non-hydrogen) atoms. The molecule has 0 aliphatic carbocycles. The maximum atomic E-state index is 11.7. The van der Waals surface area contributed by atoms with E-state index >= 15 is 0 Å². The molecule has 2 aromatic heterocycles. The van der Waals surface area contributed by atoms with Gasteiger partial charge in [-0.1, -0.05) is 44.2 Å². The highest BCUT2D eigenvalue weighted by molar-refractivity contribution is 5.88. The Morgan fingerprint density at radius 1 is 1.11 bits per heavy atom. The van der Waals surface area contributed by atoms with E-state index in [1.807, 2.05) is 31.3 Å². The van der Waals surface area contributed by atoms with Crippen LogP contribution in [0.4, 0.5) is 5.95 Å². The van der Waals surface area contributed by atoms with Crippen LogP contribution in [0.5, 0.6) is 5.75 Å². The van der Waals surface area contributed by atoms with E-state index in [1.165, 1.54) is 28.2 Å². The molecule has 0 unspecified atom stereocenters. The minimum Gasteiger partial charge on any atom is -0.492 e. The Hall–Kier alpha value is -3.87. The molecule has 4 rings (SSSR count). The highest BCUT2D eigenvalue weighted by atomic mass is 16.5. The average Bonchev–Trinajstić information content (AvgIpc) is 3.17. The van der Waals surface area contributed by atoms with Crippen LogP contribution in [0.15, 0.2) is 60.9 Å². The first kappa shape index (κ1) is 24.3. The molecule has 0 aliphatic heterocycles. The number of ether oxygens (including phenoxy) is 1. The van der Waals surface area contributed by atoms with E-state index in [0.717, 1.165) is 18.6 Å². The maximum absolute atomic E-state index is 11.7. The lowest BCUT2D eigenvalue weighted by atomic mass is 10.0. The summed E-state index contributed by atoms with van der Waals surface area (Å²) in [6, 6.07) is 16.4. The number of hydrogen-bond acceptors (Lipinski definition) is 5. The monoisotopic (exact) mass is 472 g/mol. The van der Waals surface area contributed by atoms with Gasteiger partial charge in [-0.25, -0.2) is 14.8 Å². The molecule has 2 N–H and O–H groups in total. The van der Waals surface area contributed by atoms with Gasteiger partial charge in [0, 0.05) is 30.3 Å². The number of anilines is 1. The van der Waals surface area contributed by atoms with Crippen LogP contribution in [-0.2, 0) is 19.9 Å². The van der Waals surface area contributed by atoms with Crippen LogP contribution in [0.2, 0.25) is 0 Å². The predicted molar refractivity (Wildman–Crippen MR) is 138 cm³/mol. The summed E-state index contributed by atoms with van der Waals surface area (Å²) in [4.78, 5) is 20.4. The Labute approximate surface area is 205 Å². The van der Waals surface area contributed by atoms with Crippen molar-refractivity contribution in [2.45, 2.75) is 39.0 Å². The van der Waals surface area contributed by atoms with Crippen molar-refractivity contribution < 1.29 is 14.6 Å². The summed E-state index contributed by atoms with van der Waals surface area (Å²) in [5.74, 6) is 0.698. The van der Waals surface area contributed by atoms with Gasteiger partial charge >= 0.3 is 5.97 Å². The number of nitrogens with zero attached hydrogens (tertiary/aromatic N) is 3. The molecule has 0 fully saturated rings. The van der Waals surface area contributed by atoms with E-state index in [2.05, 4.69) is 64.2 Å². The third kappa shape index (κ3) is 5.98. The molecule has 2 heterocycles. The van der Waals surface area contributed by atoms with Gasteiger partial charge in [-0.15, -0.1) is 0 Å². The minimum atomic E-state index is -1.01. The number of nitrogens with one attached hydrogen (secondary N) is 1. The fraction of sp³-hybridized carbons (Fsp3) is 0.321. The van der Waals surface area contributed by atoms with Gasteiger partial charge < -0.3 is 19.7 Å². The second kappa shape index (κ2) is 11.0. The van der Waals surface area contributed by atoms with Gasteiger partial charge in [0.25, 0.3) is 0 Å². The van der Waals surface area contributed by atoms with E-state index in [-0.39, 0.29) is 5.56 Å². The van der Waals surface area contributed by atoms with Crippen molar-refractivity contribution in [2.75, 3.05) is 18.5 Å². The van der Waals surface area contributed by atoms with Crippen LogP contribution >= 0.6 is 0 Å². The number of para-hydroxylation sites is 1. The molecule has 182 valence electrons. The number of carboxylic acids is 1. The van der Waals surface area contributed by atoms with Crippen LogP contribution in [0.3, 0.4) is 0 Å². The molecule has 0 aliphatic rings. The second-order valence-corrected chi connectivity index (χ2v) is 8.99. The summed E-state index contributed by atoms with van der Waals surface area (Å²) in [7, 11) is 2.04. The zero-order valence-electron chi connectivity index (χ0n) is 20.5. The summed E-state index contributed by atoms with van der Waals surface area (Å²) in [5, 5.41) is 14.0. The molecule has 7 nitrogen and oxygen atoms in total. The van der Waals surface area contributed by atoms with Gasteiger partial charge in [0.15, 0.2) is 0 Å². The molecule has 0 atom stereocenters. The first-order valence-electron chi connectivity index (χ1n) is 12.0. The Morgan fingerprint density at radius 3 is 2.63 bits per heavy atom. The van der Waals surface area contributed by atoms with Gasteiger partial charge in [0.2, 0.25) is 5.95 Å². The predicted octanol–water partition coefficient (Wildman–Crippen LogP) is 5.46. The van der Waals surface area contributed by atoms with Crippen LogP contribution < -0.4 is 10.1 Å². The van der Waals surface area contributed by atoms with E-state index in [4.69, 9.17) is 4.74 Å². The number of fused-ring (bicyclic) bond motifs is 1. The molecule has 4 aromatic rings. The van der Waals surface area contributed by atoms with Gasteiger partial charge in [-0.3, -0.25) is 0 Å². The summed E-state index contributed by atoms with van der Waals surface area (Å²) in [6.45, 7) is 5.27. The summed E-state index contributed by atoms with van der Waals surface area (Å²) >= 11 is 0. The number of carbonyl (C=O) groups is 1. The fourth-order valence-corrected chi connectivity index (χ4v) is 4.22.